The molecule has 9 heteroatoms. The monoisotopic (exact) mass is 423 g/mol. The Morgan fingerprint density at radius 2 is 1.71 bits per heavy atom. The largest absolute Gasteiger partial charge is 0.387 e. The van der Waals surface area contributed by atoms with E-state index in [0.717, 1.165) is 4.31 Å². The summed E-state index contributed by atoms with van der Waals surface area (Å²) in [7, 11) is -0.744. The van der Waals surface area contributed by atoms with Crippen LogP contribution in [0.2, 0.25) is 5.02 Å². The number of nitrogens with zero attached hydrogens (tertiary/aromatic N) is 3. The van der Waals surface area contributed by atoms with Crippen molar-refractivity contribution in [1.82, 2.24) is 13.4 Å². The maximum atomic E-state index is 12.9. The first-order chi connectivity index (χ1) is 13.2. The summed E-state index contributed by atoms with van der Waals surface area (Å²) < 4.78 is 29.1. The Labute approximate surface area is 168 Å². The fraction of sp³-hybridized carbons (Fsp3) is 0.316. The Kier molecular flexibility index (Phi) is 5.67. The van der Waals surface area contributed by atoms with Crippen LogP contribution >= 0.6 is 11.6 Å². The molecule has 0 fully saturated rings. The van der Waals surface area contributed by atoms with Crippen LogP contribution in [-0.4, -0.2) is 41.1 Å². The molecule has 0 aliphatic rings. The lowest BCUT2D eigenvalue weighted by atomic mass is 10.1. The van der Waals surface area contributed by atoms with Gasteiger partial charge in [0, 0.05) is 25.7 Å². The van der Waals surface area contributed by atoms with E-state index in [0.29, 0.717) is 28.2 Å². The van der Waals surface area contributed by atoms with Crippen molar-refractivity contribution >= 4 is 32.7 Å². The highest BCUT2D eigenvalue weighted by atomic mass is 35.5. The number of hydrogen-bond donors (Lipinski definition) is 1. The summed E-state index contributed by atoms with van der Waals surface area (Å²) in [6.45, 7) is 2.26. The van der Waals surface area contributed by atoms with E-state index in [1.807, 2.05) is 6.92 Å². The number of aryl methyl sites for hydroxylation is 1. The van der Waals surface area contributed by atoms with Gasteiger partial charge >= 0.3 is 5.69 Å². The van der Waals surface area contributed by atoms with Crippen LogP contribution < -0.4 is 5.69 Å². The molecule has 1 aromatic heterocycles. The normalized spacial score (nSPS) is 13.4. The third-order valence-corrected chi connectivity index (χ3v) is 6.76. The SMILES string of the molecule is CCn1c(=O)n(C[C@H](O)c2ccc(Cl)cc2)c2cc(S(=O)(=O)N(C)C)ccc21. The van der Waals surface area contributed by atoms with Gasteiger partial charge in [-0.1, -0.05) is 23.7 Å². The highest BCUT2D eigenvalue weighted by molar-refractivity contribution is 7.89. The van der Waals surface area contributed by atoms with Gasteiger partial charge in [-0.3, -0.25) is 9.13 Å². The van der Waals surface area contributed by atoms with Gasteiger partial charge in [0.25, 0.3) is 0 Å². The van der Waals surface area contributed by atoms with Gasteiger partial charge in [-0.05, 0) is 42.8 Å². The zero-order valence-electron chi connectivity index (χ0n) is 15.8. The molecule has 0 amide bonds. The van der Waals surface area contributed by atoms with Gasteiger partial charge in [-0.2, -0.15) is 0 Å². The van der Waals surface area contributed by atoms with Crippen molar-refractivity contribution in [3.8, 4) is 0 Å². The van der Waals surface area contributed by atoms with Crippen LogP contribution in [0.5, 0.6) is 0 Å². The van der Waals surface area contributed by atoms with Gasteiger partial charge in [-0.25, -0.2) is 17.5 Å². The van der Waals surface area contributed by atoms with E-state index < -0.39 is 16.1 Å². The van der Waals surface area contributed by atoms with Crippen LogP contribution in [0, 0.1) is 0 Å². The van der Waals surface area contributed by atoms with E-state index in [1.165, 1.54) is 30.8 Å². The van der Waals surface area contributed by atoms with Crippen LogP contribution in [0.4, 0.5) is 0 Å². The Morgan fingerprint density at radius 1 is 1.07 bits per heavy atom. The zero-order valence-corrected chi connectivity index (χ0v) is 17.4. The molecular formula is C19H22ClN3O4S. The standard InChI is InChI=1S/C19H22ClN3O4S/c1-4-22-16-10-9-15(28(26,27)21(2)3)11-17(16)23(19(22)25)12-18(24)13-5-7-14(20)8-6-13/h5-11,18,24H,4,12H2,1-3H3/t18-/m0/s1. The van der Waals surface area contributed by atoms with Crippen molar-refractivity contribution in [1.29, 1.82) is 0 Å². The molecule has 2 aromatic carbocycles. The Hall–Kier alpha value is -2.13. The molecule has 0 unspecified atom stereocenters. The molecule has 1 N–H and O–H groups in total. The summed E-state index contributed by atoms with van der Waals surface area (Å²) in [5, 5.41) is 11.2. The Morgan fingerprint density at radius 3 is 2.29 bits per heavy atom. The molecule has 0 saturated heterocycles. The van der Waals surface area contributed by atoms with E-state index in [-0.39, 0.29) is 17.1 Å². The van der Waals surface area contributed by atoms with Gasteiger partial charge in [0.15, 0.2) is 0 Å². The third-order valence-electron chi connectivity index (χ3n) is 4.70. The number of aromatic nitrogens is 2. The number of rotatable bonds is 6. The lowest BCUT2D eigenvalue weighted by molar-refractivity contribution is 0.156. The molecule has 3 rings (SSSR count). The molecule has 7 nitrogen and oxygen atoms in total. The first kappa shape index (κ1) is 20.6. The fourth-order valence-electron chi connectivity index (χ4n) is 3.12. The highest BCUT2D eigenvalue weighted by Gasteiger charge is 2.21. The number of aliphatic hydroxyl groups excluding tert-OH is 1. The van der Waals surface area contributed by atoms with Crippen molar-refractivity contribution in [2.24, 2.45) is 0 Å². The van der Waals surface area contributed by atoms with Gasteiger partial charge in [0.05, 0.1) is 28.6 Å². The molecule has 0 bridgehead atoms. The maximum absolute atomic E-state index is 12.9. The number of imidazole rings is 1. The first-order valence-corrected chi connectivity index (χ1v) is 10.6. The lowest BCUT2D eigenvalue weighted by Crippen LogP contribution is -2.26. The lowest BCUT2D eigenvalue weighted by Gasteiger charge is -2.14. The van der Waals surface area contributed by atoms with Crippen molar-refractivity contribution < 1.29 is 13.5 Å². The second-order valence-corrected chi connectivity index (χ2v) is 9.23. The molecule has 0 saturated carbocycles. The topological polar surface area (TPSA) is 84.5 Å². The van der Waals surface area contributed by atoms with Crippen LogP contribution in [0.25, 0.3) is 11.0 Å². The fourth-order valence-corrected chi connectivity index (χ4v) is 4.16. The minimum absolute atomic E-state index is 0.00453. The summed E-state index contributed by atoms with van der Waals surface area (Å²) in [6, 6.07) is 11.3. The van der Waals surface area contributed by atoms with Crippen LogP contribution in [0.1, 0.15) is 18.6 Å². The van der Waals surface area contributed by atoms with Crippen molar-refractivity contribution in [2.75, 3.05) is 14.1 Å². The second-order valence-electron chi connectivity index (χ2n) is 6.64. The first-order valence-electron chi connectivity index (χ1n) is 8.76. The van der Waals surface area contributed by atoms with E-state index in [2.05, 4.69) is 0 Å². The predicted octanol–water partition coefficient (Wildman–Crippen LogP) is 2.46. The van der Waals surface area contributed by atoms with E-state index in [4.69, 9.17) is 11.6 Å². The van der Waals surface area contributed by atoms with Gasteiger partial charge in [0.2, 0.25) is 10.0 Å². The van der Waals surface area contributed by atoms with Crippen LogP contribution in [0.3, 0.4) is 0 Å². The minimum atomic E-state index is -3.65. The van der Waals surface area contributed by atoms with Crippen molar-refractivity contribution in [3.05, 3.63) is 63.5 Å². The average molecular weight is 424 g/mol. The minimum Gasteiger partial charge on any atom is -0.387 e. The number of fused-ring (bicyclic) bond motifs is 1. The van der Waals surface area contributed by atoms with Crippen molar-refractivity contribution in [2.45, 2.75) is 31.0 Å². The van der Waals surface area contributed by atoms with E-state index in [9.17, 15) is 18.3 Å². The number of benzene rings is 2. The predicted molar refractivity (Wildman–Crippen MR) is 109 cm³/mol. The second kappa shape index (κ2) is 7.71. The molecule has 0 radical (unpaired) electrons. The molecule has 0 aliphatic heterocycles. The van der Waals surface area contributed by atoms with Gasteiger partial charge < -0.3 is 5.11 Å². The molecule has 0 spiro atoms. The zero-order chi connectivity index (χ0) is 20.6. The average Bonchev–Trinajstić information content (AvgIpc) is 2.92. The summed E-state index contributed by atoms with van der Waals surface area (Å²) >= 11 is 5.89. The molecule has 1 atom stereocenters. The molecule has 0 aliphatic carbocycles. The molecule has 3 aromatic rings. The summed E-state index contributed by atoms with van der Waals surface area (Å²) in [5.41, 5.74) is 1.40. The van der Waals surface area contributed by atoms with Crippen LogP contribution in [0.15, 0.2) is 52.2 Å². The summed E-state index contributed by atoms with van der Waals surface area (Å²) in [4.78, 5) is 13.0. The molecule has 150 valence electrons. The van der Waals surface area contributed by atoms with Crippen LogP contribution in [-0.2, 0) is 23.1 Å². The Balaban J connectivity index is 2.13. The number of sulfonamides is 1. The van der Waals surface area contributed by atoms with Crippen molar-refractivity contribution in [3.63, 3.8) is 0 Å². The number of halogens is 1. The molecule has 1 heterocycles. The quantitative estimate of drug-likeness (QED) is 0.660. The smallest absolute Gasteiger partial charge is 0.329 e. The third kappa shape index (κ3) is 3.60. The summed E-state index contributed by atoms with van der Waals surface area (Å²) in [5.74, 6) is 0. The number of hydrogen-bond acceptors (Lipinski definition) is 4. The van der Waals surface area contributed by atoms with E-state index >= 15 is 0 Å². The maximum Gasteiger partial charge on any atom is 0.329 e. The van der Waals surface area contributed by atoms with Gasteiger partial charge in [0.1, 0.15) is 0 Å². The molecule has 28 heavy (non-hydrogen) atoms. The summed E-state index contributed by atoms with van der Waals surface area (Å²) in [6.07, 6.45) is -0.944. The van der Waals surface area contributed by atoms with E-state index in [1.54, 1.807) is 34.9 Å². The Bertz CT molecular complexity index is 1160. The van der Waals surface area contributed by atoms with Gasteiger partial charge in [-0.15, -0.1) is 0 Å². The molecular weight excluding hydrogens is 402 g/mol. The highest BCUT2D eigenvalue weighted by Crippen LogP contribution is 2.23. The number of aliphatic hydroxyl groups is 1.